The minimum atomic E-state index is -0.311. The van der Waals surface area contributed by atoms with E-state index in [1.54, 1.807) is 0 Å². The monoisotopic (exact) mass is 194 g/mol. The quantitative estimate of drug-likeness (QED) is 0.767. The highest BCUT2D eigenvalue weighted by Gasteiger charge is 2.19. The van der Waals surface area contributed by atoms with Crippen LogP contribution in [0.2, 0.25) is 0 Å². The summed E-state index contributed by atoms with van der Waals surface area (Å²) < 4.78 is 10.7. The Morgan fingerprint density at radius 2 is 2.14 bits per heavy atom. The number of pyridine rings is 1. The van der Waals surface area contributed by atoms with Gasteiger partial charge in [0.1, 0.15) is 0 Å². The van der Waals surface area contributed by atoms with E-state index in [1.807, 2.05) is 25.1 Å². The number of hydrogen-bond donors (Lipinski definition) is 1. The maximum atomic E-state index is 5.74. The van der Waals surface area contributed by atoms with Crippen LogP contribution in [0.15, 0.2) is 18.2 Å². The Kier molecular flexibility index (Phi) is 2.77. The van der Waals surface area contributed by atoms with E-state index >= 15 is 0 Å². The van der Waals surface area contributed by atoms with E-state index in [1.165, 1.54) is 0 Å². The van der Waals surface area contributed by atoms with E-state index in [-0.39, 0.29) is 12.3 Å². The van der Waals surface area contributed by atoms with Gasteiger partial charge in [0.2, 0.25) is 6.29 Å². The predicted molar refractivity (Wildman–Crippen MR) is 51.5 cm³/mol. The molecule has 1 unspecified atom stereocenters. The molecular weight excluding hydrogens is 180 g/mol. The van der Waals surface area contributed by atoms with Crippen molar-refractivity contribution in [1.82, 2.24) is 4.98 Å². The third-order valence-corrected chi connectivity index (χ3v) is 2.12. The average molecular weight is 194 g/mol. The lowest BCUT2D eigenvalue weighted by Gasteiger charge is -2.11. The maximum absolute atomic E-state index is 5.74. The topological polar surface area (TPSA) is 57.4 Å². The van der Waals surface area contributed by atoms with E-state index in [0.717, 1.165) is 11.4 Å². The molecule has 14 heavy (non-hydrogen) atoms. The van der Waals surface area contributed by atoms with E-state index in [0.29, 0.717) is 13.2 Å². The number of hydrogen-bond acceptors (Lipinski definition) is 4. The molecule has 2 heterocycles. The van der Waals surface area contributed by atoms with Crippen LogP contribution in [0, 0.1) is 0 Å². The minimum absolute atomic E-state index is 0.0589. The van der Waals surface area contributed by atoms with E-state index in [9.17, 15) is 0 Å². The molecule has 0 bridgehead atoms. The third kappa shape index (κ3) is 1.92. The number of ether oxygens (including phenoxy) is 2. The van der Waals surface area contributed by atoms with Crippen molar-refractivity contribution in [2.75, 3.05) is 13.2 Å². The van der Waals surface area contributed by atoms with E-state index in [2.05, 4.69) is 4.98 Å². The molecule has 0 aromatic carbocycles. The lowest BCUT2D eigenvalue weighted by molar-refractivity contribution is -0.0474. The summed E-state index contributed by atoms with van der Waals surface area (Å²) in [6, 6.07) is 5.66. The molecule has 0 radical (unpaired) electrons. The van der Waals surface area contributed by atoms with Gasteiger partial charge in [-0.3, -0.25) is 4.98 Å². The summed E-state index contributed by atoms with van der Waals surface area (Å²) in [5.74, 6) is 0. The SMILES string of the molecule is CC(N)c1cccc(C2OCCO2)n1. The van der Waals surface area contributed by atoms with Gasteiger partial charge < -0.3 is 15.2 Å². The van der Waals surface area contributed by atoms with Crippen molar-refractivity contribution in [3.63, 3.8) is 0 Å². The molecule has 0 saturated carbocycles. The van der Waals surface area contributed by atoms with E-state index < -0.39 is 0 Å². The molecule has 1 aromatic heterocycles. The highest BCUT2D eigenvalue weighted by atomic mass is 16.7. The number of rotatable bonds is 2. The van der Waals surface area contributed by atoms with Crippen LogP contribution in [0.5, 0.6) is 0 Å². The Labute approximate surface area is 83.0 Å². The van der Waals surface area contributed by atoms with E-state index in [4.69, 9.17) is 15.2 Å². The minimum Gasteiger partial charge on any atom is -0.345 e. The van der Waals surface area contributed by atoms with Gasteiger partial charge >= 0.3 is 0 Å². The van der Waals surface area contributed by atoms with Gasteiger partial charge in [-0.1, -0.05) is 6.07 Å². The summed E-state index contributed by atoms with van der Waals surface area (Å²) >= 11 is 0. The first-order valence-electron chi connectivity index (χ1n) is 4.73. The fraction of sp³-hybridized carbons (Fsp3) is 0.500. The number of nitrogens with zero attached hydrogens (tertiary/aromatic N) is 1. The standard InChI is InChI=1S/C10H14N2O2/c1-7(11)8-3-2-4-9(12-8)10-13-5-6-14-10/h2-4,7,10H,5-6,11H2,1H3. The molecular formula is C10H14N2O2. The van der Waals surface area contributed by atoms with Crippen LogP contribution in [0.4, 0.5) is 0 Å². The number of aromatic nitrogens is 1. The highest BCUT2D eigenvalue weighted by Crippen LogP contribution is 2.22. The molecule has 0 amide bonds. The molecule has 1 aliphatic heterocycles. The van der Waals surface area contributed by atoms with Gasteiger partial charge in [-0.15, -0.1) is 0 Å². The van der Waals surface area contributed by atoms with Gasteiger partial charge in [-0.2, -0.15) is 0 Å². The van der Waals surface area contributed by atoms with Crippen LogP contribution >= 0.6 is 0 Å². The zero-order valence-corrected chi connectivity index (χ0v) is 8.14. The van der Waals surface area contributed by atoms with Crippen molar-refractivity contribution < 1.29 is 9.47 Å². The summed E-state index contributed by atoms with van der Waals surface area (Å²) in [4.78, 5) is 4.38. The Bertz CT molecular complexity index is 309. The van der Waals surface area contributed by atoms with Crippen molar-refractivity contribution in [2.24, 2.45) is 5.73 Å². The predicted octanol–water partition coefficient (Wildman–Crippen LogP) is 1.15. The fourth-order valence-corrected chi connectivity index (χ4v) is 1.38. The Balaban J connectivity index is 2.21. The van der Waals surface area contributed by atoms with Crippen molar-refractivity contribution in [3.8, 4) is 0 Å². The van der Waals surface area contributed by atoms with Crippen LogP contribution in [0.1, 0.15) is 30.6 Å². The second-order valence-electron chi connectivity index (χ2n) is 3.35. The van der Waals surface area contributed by atoms with Crippen LogP contribution in [-0.4, -0.2) is 18.2 Å². The summed E-state index contributed by atoms with van der Waals surface area (Å²) in [7, 11) is 0. The average Bonchev–Trinajstić information content (AvgIpc) is 2.71. The molecule has 2 rings (SSSR count). The molecule has 0 aliphatic carbocycles. The van der Waals surface area contributed by atoms with Crippen LogP contribution in [0.3, 0.4) is 0 Å². The Morgan fingerprint density at radius 3 is 2.79 bits per heavy atom. The fourth-order valence-electron chi connectivity index (χ4n) is 1.38. The van der Waals surface area contributed by atoms with Crippen LogP contribution in [-0.2, 0) is 9.47 Å². The smallest absolute Gasteiger partial charge is 0.201 e. The molecule has 4 nitrogen and oxygen atoms in total. The van der Waals surface area contributed by atoms with Gasteiger partial charge in [0.25, 0.3) is 0 Å². The summed E-state index contributed by atoms with van der Waals surface area (Å²) in [5.41, 5.74) is 7.40. The zero-order valence-electron chi connectivity index (χ0n) is 8.14. The first-order chi connectivity index (χ1) is 6.77. The molecule has 0 spiro atoms. The summed E-state index contributed by atoms with van der Waals surface area (Å²) in [6.07, 6.45) is -0.311. The van der Waals surface area contributed by atoms with Crippen molar-refractivity contribution in [1.29, 1.82) is 0 Å². The summed E-state index contributed by atoms with van der Waals surface area (Å²) in [6.45, 7) is 3.17. The molecule has 2 N–H and O–H groups in total. The normalized spacial score (nSPS) is 19.9. The highest BCUT2D eigenvalue weighted by molar-refractivity contribution is 5.14. The van der Waals surface area contributed by atoms with Crippen molar-refractivity contribution in [2.45, 2.75) is 19.3 Å². The molecule has 1 aromatic rings. The molecule has 1 aliphatic rings. The van der Waals surface area contributed by atoms with Gasteiger partial charge in [0.15, 0.2) is 0 Å². The lowest BCUT2D eigenvalue weighted by atomic mass is 10.2. The third-order valence-electron chi connectivity index (χ3n) is 2.12. The maximum Gasteiger partial charge on any atom is 0.201 e. The second-order valence-corrected chi connectivity index (χ2v) is 3.35. The van der Waals surface area contributed by atoms with Crippen molar-refractivity contribution in [3.05, 3.63) is 29.6 Å². The van der Waals surface area contributed by atoms with Gasteiger partial charge in [0, 0.05) is 6.04 Å². The summed E-state index contributed by atoms with van der Waals surface area (Å²) in [5, 5.41) is 0. The molecule has 76 valence electrons. The lowest BCUT2D eigenvalue weighted by Crippen LogP contribution is -2.10. The van der Waals surface area contributed by atoms with Crippen LogP contribution < -0.4 is 5.73 Å². The second kappa shape index (κ2) is 4.04. The Hall–Kier alpha value is -0.970. The van der Waals surface area contributed by atoms with Gasteiger partial charge in [-0.05, 0) is 19.1 Å². The molecule has 1 fully saturated rings. The first-order valence-corrected chi connectivity index (χ1v) is 4.73. The first kappa shape index (κ1) is 9.58. The largest absolute Gasteiger partial charge is 0.345 e. The van der Waals surface area contributed by atoms with Crippen LogP contribution in [0.25, 0.3) is 0 Å². The van der Waals surface area contributed by atoms with Gasteiger partial charge in [0.05, 0.1) is 24.6 Å². The van der Waals surface area contributed by atoms with Gasteiger partial charge in [-0.25, -0.2) is 0 Å². The zero-order chi connectivity index (χ0) is 9.97. The Morgan fingerprint density at radius 1 is 1.43 bits per heavy atom. The molecule has 1 atom stereocenters. The number of nitrogens with two attached hydrogens (primary N) is 1. The molecule has 1 saturated heterocycles. The molecule has 4 heteroatoms. The van der Waals surface area contributed by atoms with Crippen molar-refractivity contribution >= 4 is 0 Å².